The van der Waals surface area contributed by atoms with Gasteiger partial charge < -0.3 is 4.74 Å². The van der Waals surface area contributed by atoms with Crippen LogP contribution in [-0.4, -0.2) is 33.2 Å². The molecule has 2 bridgehead atoms. The van der Waals surface area contributed by atoms with Gasteiger partial charge in [0.25, 0.3) is 0 Å². The molecule has 1 heterocycles. The summed E-state index contributed by atoms with van der Waals surface area (Å²) in [5.74, 6) is 3.70. The van der Waals surface area contributed by atoms with Crippen LogP contribution in [0.2, 0.25) is 0 Å². The number of ether oxygens (including phenoxy) is 1. The third-order valence-electron chi connectivity index (χ3n) is 4.94. The van der Waals surface area contributed by atoms with Crippen molar-refractivity contribution >= 4 is 35.5 Å². The van der Waals surface area contributed by atoms with Gasteiger partial charge in [-0.3, -0.25) is 10.2 Å². The minimum absolute atomic E-state index is 0.00913. The molecule has 2 aliphatic carbocycles. The normalized spacial score (nSPS) is 31.9. The quantitative estimate of drug-likeness (QED) is 0.705. The van der Waals surface area contributed by atoms with Gasteiger partial charge in [-0.1, -0.05) is 0 Å². The van der Waals surface area contributed by atoms with Gasteiger partial charge in [0.05, 0.1) is 4.08 Å². The molecule has 23 heavy (non-hydrogen) atoms. The van der Waals surface area contributed by atoms with Crippen molar-refractivity contribution in [2.75, 3.05) is 11.5 Å². The summed E-state index contributed by atoms with van der Waals surface area (Å²) in [4.78, 5) is 24.0. The fraction of sp³-hybridized carbons (Fsp3) is 0.875. The highest BCUT2D eigenvalue weighted by atomic mass is 32.2. The van der Waals surface area contributed by atoms with Crippen LogP contribution in [-0.2, 0) is 9.53 Å². The number of carbonyl (C=O) groups excluding carboxylic acids is 2. The van der Waals surface area contributed by atoms with E-state index in [1.807, 2.05) is 0 Å². The Morgan fingerprint density at radius 2 is 1.61 bits per heavy atom. The van der Waals surface area contributed by atoms with Crippen LogP contribution in [0.3, 0.4) is 0 Å². The van der Waals surface area contributed by atoms with E-state index in [-0.39, 0.29) is 11.8 Å². The molecule has 2 saturated carbocycles. The molecule has 1 saturated heterocycles. The third kappa shape index (κ3) is 3.60. The molecule has 3 rings (SSSR count). The van der Waals surface area contributed by atoms with Crippen LogP contribution in [0.15, 0.2) is 0 Å². The molecule has 0 aromatic heterocycles. The average molecular weight is 359 g/mol. The number of nitrogens with one attached hydrogen (secondary N) is 2. The Morgan fingerprint density at radius 3 is 2.13 bits per heavy atom. The maximum atomic E-state index is 12.4. The molecule has 5 nitrogen and oxygen atoms in total. The Morgan fingerprint density at radius 1 is 1.04 bits per heavy atom. The van der Waals surface area contributed by atoms with E-state index in [0.29, 0.717) is 15.9 Å². The standard InChI is InChI=1S/C16H26N2O3S2/c1-15(2,3)21-14(20)18-17-13(19)10-8-11-4-5-12(9-10)16(11)22-6-7-23-16/h10-12H,4-9H2,1-3H3,(H,17,19)(H,18,20). The van der Waals surface area contributed by atoms with Crippen molar-refractivity contribution < 1.29 is 14.3 Å². The highest BCUT2D eigenvalue weighted by Gasteiger charge is 2.57. The largest absolute Gasteiger partial charge is 0.443 e. The van der Waals surface area contributed by atoms with Crippen LogP contribution < -0.4 is 10.9 Å². The molecule has 0 radical (unpaired) electrons. The first-order valence-corrected chi connectivity index (χ1v) is 10.3. The summed E-state index contributed by atoms with van der Waals surface area (Å²) in [5, 5.41) is 0. The number of hydrogen-bond donors (Lipinski definition) is 2. The molecule has 3 aliphatic rings. The van der Waals surface area contributed by atoms with E-state index in [9.17, 15) is 9.59 Å². The Hall–Kier alpha value is -0.560. The molecule has 2 N–H and O–H groups in total. The van der Waals surface area contributed by atoms with Crippen LogP contribution in [0.5, 0.6) is 0 Å². The van der Waals surface area contributed by atoms with Gasteiger partial charge in [-0.05, 0) is 58.3 Å². The van der Waals surface area contributed by atoms with Gasteiger partial charge in [0.2, 0.25) is 5.91 Å². The summed E-state index contributed by atoms with van der Waals surface area (Å²) < 4.78 is 5.52. The lowest BCUT2D eigenvalue weighted by Crippen LogP contribution is -2.49. The number of rotatable bonds is 1. The Kier molecular flexibility index (Phi) is 4.80. The first-order chi connectivity index (χ1) is 10.8. The Labute approximate surface area is 146 Å². The fourth-order valence-corrected chi connectivity index (χ4v) is 8.07. The monoisotopic (exact) mass is 358 g/mol. The first-order valence-electron chi connectivity index (χ1n) is 8.37. The minimum atomic E-state index is -0.608. The zero-order valence-electron chi connectivity index (χ0n) is 14.0. The molecular weight excluding hydrogens is 332 g/mol. The van der Waals surface area contributed by atoms with E-state index in [1.54, 1.807) is 20.8 Å². The smallest absolute Gasteiger partial charge is 0.426 e. The summed E-state index contributed by atoms with van der Waals surface area (Å²) >= 11 is 4.25. The molecule has 1 spiro atoms. The molecular formula is C16H26N2O3S2. The highest BCUT2D eigenvalue weighted by Crippen LogP contribution is 2.65. The number of carbonyl (C=O) groups is 2. The van der Waals surface area contributed by atoms with Crippen molar-refractivity contribution in [1.29, 1.82) is 0 Å². The van der Waals surface area contributed by atoms with E-state index in [2.05, 4.69) is 34.4 Å². The van der Waals surface area contributed by atoms with Crippen LogP contribution in [0, 0.1) is 17.8 Å². The van der Waals surface area contributed by atoms with E-state index in [1.165, 1.54) is 24.3 Å². The van der Waals surface area contributed by atoms with Crippen molar-refractivity contribution in [3.05, 3.63) is 0 Å². The van der Waals surface area contributed by atoms with E-state index in [4.69, 9.17) is 4.74 Å². The van der Waals surface area contributed by atoms with Gasteiger partial charge in [-0.15, -0.1) is 23.5 Å². The van der Waals surface area contributed by atoms with Gasteiger partial charge in [0.1, 0.15) is 5.60 Å². The number of hydrazine groups is 1. The molecule has 1 aliphatic heterocycles. The topological polar surface area (TPSA) is 67.4 Å². The fourth-order valence-electron chi connectivity index (χ4n) is 4.13. The van der Waals surface area contributed by atoms with E-state index in [0.717, 1.165) is 12.8 Å². The lowest BCUT2D eigenvalue weighted by atomic mass is 9.79. The summed E-state index contributed by atoms with van der Waals surface area (Å²) in [6, 6.07) is 0. The first kappa shape index (κ1) is 17.3. The second kappa shape index (κ2) is 6.39. The van der Waals surface area contributed by atoms with Crippen LogP contribution in [0.25, 0.3) is 0 Å². The molecule has 7 heteroatoms. The SMILES string of the molecule is CC(C)(C)OC(=O)NNC(=O)C1CC2CCC(C1)C21SCCS1. The Balaban J connectivity index is 1.51. The molecule has 0 aromatic carbocycles. The summed E-state index contributed by atoms with van der Waals surface area (Å²) in [7, 11) is 0. The number of amides is 2. The van der Waals surface area contributed by atoms with Crippen LogP contribution in [0.1, 0.15) is 46.5 Å². The van der Waals surface area contributed by atoms with Gasteiger partial charge in [-0.25, -0.2) is 10.2 Å². The van der Waals surface area contributed by atoms with Crippen LogP contribution >= 0.6 is 23.5 Å². The van der Waals surface area contributed by atoms with Gasteiger partial charge in [0, 0.05) is 17.4 Å². The Bertz CT molecular complexity index is 470. The van der Waals surface area contributed by atoms with Crippen molar-refractivity contribution in [2.24, 2.45) is 17.8 Å². The summed E-state index contributed by atoms with van der Waals surface area (Å²) in [6.07, 6.45) is 3.77. The van der Waals surface area contributed by atoms with Crippen molar-refractivity contribution in [3.8, 4) is 0 Å². The maximum absolute atomic E-state index is 12.4. The maximum Gasteiger partial charge on any atom is 0.426 e. The molecule has 2 atom stereocenters. The minimum Gasteiger partial charge on any atom is -0.443 e. The molecule has 0 aromatic rings. The lowest BCUT2D eigenvalue weighted by Gasteiger charge is -2.42. The summed E-state index contributed by atoms with van der Waals surface area (Å²) in [6.45, 7) is 5.39. The molecule has 130 valence electrons. The van der Waals surface area contributed by atoms with Crippen LogP contribution in [0.4, 0.5) is 4.79 Å². The summed E-state index contributed by atoms with van der Waals surface area (Å²) in [5.41, 5.74) is 4.35. The van der Waals surface area contributed by atoms with Crippen molar-refractivity contribution in [2.45, 2.75) is 56.1 Å². The molecule has 2 unspecified atom stereocenters. The number of thioether (sulfide) groups is 2. The van der Waals surface area contributed by atoms with Gasteiger partial charge in [-0.2, -0.15) is 0 Å². The third-order valence-corrected chi connectivity index (χ3v) is 8.95. The molecule has 3 fully saturated rings. The van der Waals surface area contributed by atoms with Crippen molar-refractivity contribution in [3.63, 3.8) is 0 Å². The second-order valence-corrected chi connectivity index (χ2v) is 10.7. The average Bonchev–Trinajstić information content (AvgIpc) is 2.98. The van der Waals surface area contributed by atoms with Gasteiger partial charge in [0.15, 0.2) is 0 Å². The number of hydrogen-bond acceptors (Lipinski definition) is 5. The predicted octanol–water partition coefficient (Wildman–Crippen LogP) is 3.15. The predicted molar refractivity (Wildman–Crippen MR) is 94.1 cm³/mol. The highest BCUT2D eigenvalue weighted by molar-refractivity contribution is 8.21. The van der Waals surface area contributed by atoms with Gasteiger partial charge >= 0.3 is 6.09 Å². The zero-order valence-corrected chi connectivity index (χ0v) is 15.6. The molecule has 2 amide bonds. The van der Waals surface area contributed by atoms with E-state index < -0.39 is 11.7 Å². The zero-order chi connectivity index (χ0) is 16.7. The van der Waals surface area contributed by atoms with Crippen molar-refractivity contribution in [1.82, 2.24) is 10.9 Å². The van der Waals surface area contributed by atoms with E-state index >= 15 is 0 Å². The lowest BCUT2D eigenvalue weighted by molar-refractivity contribution is -0.127. The second-order valence-electron chi connectivity index (χ2n) is 7.67.